The zero-order valence-electron chi connectivity index (χ0n) is 15.5. The molecule has 0 aliphatic heterocycles. The van der Waals surface area contributed by atoms with Crippen molar-refractivity contribution >= 4 is 21.8 Å². The second-order valence-electron chi connectivity index (χ2n) is 6.22. The summed E-state index contributed by atoms with van der Waals surface area (Å²) in [7, 11) is -1.84. The zero-order chi connectivity index (χ0) is 20.3. The lowest BCUT2D eigenvalue weighted by atomic mass is 10.2. The Balaban J connectivity index is 1.74. The van der Waals surface area contributed by atoms with E-state index in [9.17, 15) is 13.2 Å². The molecule has 9 heteroatoms. The van der Waals surface area contributed by atoms with Crippen LogP contribution in [0.1, 0.15) is 24.2 Å². The highest BCUT2D eigenvalue weighted by Gasteiger charge is 2.20. The van der Waals surface area contributed by atoms with Gasteiger partial charge in [0.2, 0.25) is 5.89 Å². The predicted molar refractivity (Wildman–Crippen MR) is 103 cm³/mol. The van der Waals surface area contributed by atoms with Crippen molar-refractivity contribution in [3.63, 3.8) is 0 Å². The molecule has 0 saturated carbocycles. The molecule has 0 fully saturated rings. The van der Waals surface area contributed by atoms with E-state index >= 15 is 0 Å². The lowest BCUT2D eigenvalue weighted by Crippen LogP contribution is -2.15. The molecule has 1 aromatic heterocycles. The Bertz CT molecular complexity index is 1090. The van der Waals surface area contributed by atoms with Crippen molar-refractivity contribution in [1.29, 1.82) is 0 Å². The molecular formula is C19H19N3O5S. The first-order chi connectivity index (χ1) is 13.3. The van der Waals surface area contributed by atoms with Crippen molar-refractivity contribution in [2.24, 2.45) is 0 Å². The van der Waals surface area contributed by atoms with Crippen molar-refractivity contribution in [1.82, 2.24) is 10.2 Å². The molecule has 28 heavy (non-hydrogen) atoms. The second-order valence-corrected chi connectivity index (χ2v) is 8.72. The maximum atomic E-state index is 12.3. The lowest BCUT2D eigenvalue weighted by molar-refractivity contribution is 0.102. The number of ether oxygens (including phenoxy) is 1. The molecule has 1 heterocycles. The van der Waals surface area contributed by atoms with Crippen molar-refractivity contribution in [2.75, 3.05) is 12.4 Å². The van der Waals surface area contributed by atoms with Gasteiger partial charge in [-0.05, 0) is 56.3 Å². The summed E-state index contributed by atoms with van der Waals surface area (Å²) in [5.74, 6) is 0.375. The fourth-order valence-corrected chi connectivity index (χ4v) is 3.44. The summed E-state index contributed by atoms with van der Waals surface area (Å²) < 4.78 is 34.9. The van der Waals surface area contributed by atoms with Crippen LogP contribution in [0.25, 0.3) is 11.5 Å². The van der Waals surface area contributed by atoms with E-state index in [0.717, 1.165) is 0 Å². The van der Waals surface area contributed by atoms with E-state index in [2.05, 4.69) is 15.5 Å². The molecule has 0 aliphatic rings. The largest absolute Gasteiger partial charge is 0.497 e. The minimum absolute atomic E-state index is 0.0679. The fourth-order valence-electron chi connectivity index (χ4n) is 2.38. The normalized spacial score (nSPS) is 11.4. The number of anilines is 1. The molecule has 0 bridgehead atoms. The van der Waals surface area contributed by atoms with Crippen LogP contribution in [-0.2, 0) is 9.84 Å². The number of rotatable bonds is 6. The Labute approximate surface area is 162 Å². The van der Waals surface area contributed by atoms with E-state index in [-0.39, 0.29) is 22.4 Å². The number of nitrogens with zero attached hydrogens (tertiary/aromatic N) is 2. The molecule has 3 rings (SSSR count). The average molecular weight is 401 g/mol. The highest BCUT2D eigenvalue weighted by molar-refractivity contribution is 7.92. The maximum absolute atomic E-state index is 12.3. The number of hydrogen-bond acceptors (Lipinski definition) is 7. The molecule has 1 N–H and O–H groups in total. The number of sulfone groups is 1. The van der Waals surface area contributed by atoms with Crippen molar-refractivity contribution in [2.45, 2.75) is 24.0 Å². The van der Waals surface area contributed by atoms with Crippen LogP contribution in [0.5, 0.6) is 5.75 Å². The number of carbonyl (C=O) groups is 1. The molecule has 1 amide bonds. The molecule has 3 aromatic rings. The molecule has 0 spiro atoms. The van der Waals surface area contributed by atoms with Gasteiger partial charge in [-0.2, -0.15) is 0 Å². The van der Waals surface area contributed by atoms with Crippen LogP contribution >= 0.6 is 0 Å². The smallest absolute Gasteiger partial charge is 0.322 e. The molecule has 0 atom stereocenters. The van der Waals surface area contributed by atoms with Crippen LogP contribution in [0.2, 0.25) is 0 Å². The number of benzene rings is 2. The summed E-state index contributed by atoms with van der Waals surface area (Å²) in [5, 5.41) is 9.67. The van der Waals surface area contributed by atoms with E-state index in [1.54, 1.807) is 45.2 Å². The van der Waals surface area contributed by atoms with Gasteiger partial charge in [0.05, 0.1) is 17.3 Å². The van der Waals surface area contributed by atoms with Gasteiger partial charge in [0.15, 0.2) is 9.84 Å². The van der Waals surface area contributed by atoms with E-state index in [0.29, 0.717) is 11.3 Å². The van der Waals surface area contributed by atoms with Gasteiger partial charge in [-0.15, -0.1) is 5.10 Å². The van der Waals surface area contributed by atoms with Gasteiger partial charge in [-0.25, -0.2) is 8.42 Å². The van der Waals surface area contributed by atoms with Crippen LogP contribution in [0.4, 0.5) is 6.01 Å². The van der Waals surface area contributed by atoms with Crippen molar-refractivity contribution < 1.29 is 22.4 Å². The van der Waals surface area contributed by atoms with Crippen molar-refractivity contribution in [3.8, 4) is 17.2 Å². The summed E-state index contributed by atoms with van der Waals surface area (Å²) in [5.41, 5.74) is 0.916. The molecular weight excluding hydrogens is 382 g/mol. The highest BCUT2D eigenvalue weighted by atomic mass is 32.2. The Hall–Kier alpha value is -3.20. The number of carbonyl (C=O) groups excluding carboxylic acids is 1. The molecule has 0 saturated heterocycles. The van der Waals surface area contributed by atoms with Crippen LogP contribution in [-0.4, -0.2) is 36.9 Å². The summed E-state index contributed by atoms with van der Waals surface area (Å²) >= 11 is 0. The number of aromatic nitrogens is 2. The SMILES string of the molecule is COc1cccc(-c2nnc(NC(=O)c3ccc(S(=O)(=O)C(C)C)cc3)o2)c1. The first-order valence-electron chi connectivity index (χ1n) is 8.44. The van der Waals surface area contributed by atoms with Gasteiger partial charge in [0, 0.05) is 11.1 Å². The van der Waals surface area contributed by atoms with Gasteiger partial charge in [-0.1, -0.05) is 11.2 Å². The molecule has 0 unspecified atom stereocenters. The quantitative estimate of drug-likeness (QED) is 0.675. The van der Waals surface area contributed by atoms with E-state index in [4.69, 9.17) is 9.15 Å². The standard InChI is InChI=1S/C19H19N3O5S/c1-12(2)28(24,25)16-9-7-13(8-10-16)17(23)20-19-22-21-18(27-19)14-5-4-6-15(11-14)26-3/h4-12H,1-3H3,(H,20,22,23). The third kappa shape index (κ3) is 4.04. The second kappa shape index (κ2) is 7.81. The maximum Gasteiger partial charge on any atom is 0.322 e. The Morgan fingerprint density at radius 2 is 1.82 bits per heavy atom. The molecule has 0 aliphatic carbocycles. The Morgan fingerprint density at radius 1 is 1.11 bits per heavy atom. The fraction of sp³-hybridized carbons (Fsp3) is 0.211. The molecule has 146 valence electrons. The predicted octanol–water partition coefficient (Wildman–Crippen LogP) is 3.18. The Morgan fingerprint density at radius 3 is 2.46 bits per heavy atom. The van der Waals surface area contributed by atoms with Gasteiger partial charge in [0.25, 0.3) is 5.91 Å². The van der Waals surface area contributed by atoms with E-state index in [1.807, 2.05) is 0 Å². The number of nitrogens with one attached hydrogen (secondary N) is 1. The van der Waals surface area contributed by atoms with Gasteiger partial charge < -0.3 is 9.15 Å². The van der Waals surface area contributed by atoms with E-state index < -0.39 is 21.0 Å². The first-order valence-corrected chi connectivity index (χ1v) is 9.99. The van der Waals surface area contributed by atoms with E-state index in [1.165, 1.54) is 24.3 Å². The van der Waals surface area contributed by atoms with Gasteiger partial charge in [-0.3, -0.25) is 10.1 Å². The summed E-state index contributed by atoms with van der Waals surface area (Å²) in [6.45, 7) is 3.21. The third-order valence-corrected chi connectivity index (χ3v) is 6.20. The first kappa shape index (κ1) is 19.6. The zero-order valence-corrected chi connectivity index (χ0v) is 16.4. The van der Waals surface area contributed by atoms with Gasteiger partial charge in [0.1, 0.15) is 5.75 Å². The number of hydrogen-bond donors (Lipinski definition) is 1. The van der Waals surface area contributed by atoms with Crippen LogP contribution in [0.3, 0.4) is 0 Å². The summed E-state index contributed by atoms with van der Waals surface area (Å²) in [4.78, 5) is 12.5. The van der Waals surface area contributed by atoms with Crippen LogP contribution < -0.4 is 10.1 Å². The molecule has 0 radical (unpaired) electrons. The summed E-state index contributed by atoms with van der Waals surface area (Å²) in [6.07, 6.45) is 0. The highest BCUT2D eigenvalue weighted by Crippen LogP contribution is 2.24. The topological polar surface area (TPSA) is 111 Å². The monoisotopic (exact) mass is 401 g/mol. The average Bonchev–Trinajstić information content (AvgIpc) is 3.16. The summed E-state index contributed by atoms with van der Waals surface area (Å²) in [6, 6.07) is 12.7. The minimum Gasteiger partial charge on any atom is -0.497 e. The lowest BCUT2D eigenvalue weighted by Gasteiger charge is -2.08. The molecule has 8 nitrogen and oxygen atoms in total. The van der Waals surface area contributed by atoms with Crippen LogP contribution in [0, 0.1) is 0 Å². The number of methoxy groups -OCH3 is 1. The van der Waals surface area contributed by atoms with Crippen LogP contribution in [0.15, 0.2) is 57.8 Å². The Kier molecular flexibility index (Phi) is 5.46. The number of amides is 1. The molecule has 2 aromatic carbocycles. The third-order valence-electron chi connectivity index (χ3n) is 4.03. The minimum atomic E-state index is -3.39. The van der Waals surface area contributed by atoms with Crippen molar-refractivity contribution in [3.05, 3.63) is 54.1 Å². The van der Waals surface area contributed by atoms with Gasteiger partial charge >= 0.3 is 6.01 Å².